The average molecular weight is 543 g/mol. The Labute approximate surface area is 248 Å². The third-order valence-electron chi connectivity index (χ3n) is 18.3. The van der Waals surface area contributed by atoms with Gasteiger partial charge in [0.05, 0.1) is 0 Å². The van der Waals surface area contributed by atoms with E-state index in [9.17, 15) is 0 Å². The van der Waals surface area contributed by atoms with Gasteiger partial charge in [0.1, 0.15) is 0 Å². The van der Waals surface area contributed by atoms with E-state index in [0.29, 0.717) is 45.8 Å². The lowest BCUT2D eigenvalue weighted by molar-refractivity contribution is -0.302. The summed E-state index contributed by atoms with van der Waals surface area (Å²) < 4.78 is 0. The van der Waals surface area contributed by atoms with E-state index in [1.807, 2.05) is 0 Å². The van der Waals surface area contributed by atoms with Crippen molar-refractivity contribution in [3.63, 3.8) is 0 Å². The van der Waals surface area contributed by atoms with Crippen molar-refractivity contribution in [3.05, 3.63) is 0 Å². The highest BCUT2D eigenvalue weighted by molar-refractivity contribution is 5.40. The molecule has 230 valence electrons. The van der Waals surface area contributed by atoms with Gasteiger partial charge in [0.25, 0.3) is 0 Å². The highest BCUT2D eigenvalue weighted by atomic mass is 15.0. The predicted molar refractivity (Wildman–Crippen MR) is 175 cm³/mol. The monoisotopic (exact) mass is 543 g/mol. The molecule has 0 spiro atoms. The minimum Gasteiger partial charge on any atom is -0.0648 e. The van der Waals surface area contributed by atoms with Crippen LogP contribution < -0.4 is 0 Å². The maximum Gasteiger partial charge on any atom is -0.00890 e. The van der Waals surface area contributed by atoms with Gasteiger partial charge in [-0.1, -0.05) is 138 Å². The van der Waals surface area contributed by atoms with Gasteiger partial charge in [0, 0.05) is 0 Å². The van der Waals surface area contributed by atoms with Crippen LogP contribution >= 0.6 is 0 Å². The summed E-state index contributed by atoms with van der Waals surface area (Å²) in [6.45, 7) is 53.9. The van der Waals surface area contributed by atoms with E-state index in [4.69, 9.17) is 0 Å². The molecule has 3 aliphatic rings. The zero-order valence-electron chi connectivity index (χ0n) is 30.7. The first-order chi connectivity index (χ1) is 17.5. The Morgan fingerprint density at radius 1 is 0.615 bits per heavy atom. The molecule has 0 N–H and O–H groups in total. The summed E-state index contributed by atoms with van der Waals surface area (Å²) in [5.41, 5.74) is 1.97. The van der Waals surface area contributed by atoms with Gasteiger partial charge < -0.3 is 0 Å². The summed E-state index contributed by atoms with van der Waals surface area (Å²) in [7, 11) is 0. The maximum absolute atomic E-state index is 2.93. The largest absolute Gasteiger partial charge is 0.0648 e. The minimum atomic E-state index is 0.179. The van der Waals surface area contributed by atoms with Crippen LogP contribution in [0.1, 0.15) is 158 Å². The summed E-state index contributed by atoms with van der Waals surface area (Å²) in [5, 5.41) is 0. The molecule has 12 unspecified atom stereocenters. The molecule has 0 saturated heterocycles. The van der Waals surface area contributed by atoms with Gasteiger partial charge in [0.15, 0.2) is 0 Å². The van der Waals surface area contributed by atoms with Crippen LogP contribution in [0.15, 0.2) is 0 Å². The van der Waals surface area contributed by atoms with Gasteiger partial charge in [-0.25, -0.2) is 0 Å². The maximum atomic E-state index is 2.93. The van der Waals surface area contributed by atoms with Gasteiger partial charge in [0.2, 0.25) is 0 Å². The van der Waals surface area contributed by atoms with Crippen molar-refractivity contribution < 1.29 is 0 Å². The highest BCUT2D eigenvalue weighted by Crippen LogP contribution is 2.98. The van der Waals surface area contributed by atoms with Gasteiger partial charge in [-0.3, -0.25) is 0 Å². The molecule has 0 heteroatoms. The standard InChI is InChI=1S/C39H74/c1-21-33(15)29(12)30-31-34(16,22-2)38(20,37(33,19)32(30,13)14)39(28(11)25(6)7,35(31,17)23-3)36(18,26(8)9)27(10)24(4)5/h24-31H,21-23H2,1-20H3. The molecule has 0 nitrogen and oxygen atoms in total. The van der Waals surface area contributed by atoms with Gasteiger partial charge in [-0.2, -0.15) is 0 Å². The molecule has 12 atom stereocenters. The lowest BCUT2D eigenvalue weighted by Gasteiger charge is -2.77. The zero-order chi connectivity index (χ0) is 30.7. The van der Waals surface area contributed by atoms with E-state index in [-0.39, 0.29) is 27.1 Å². The molecule has 0 aromatic carbocycles. The first kappa shape index (κ1) is 33.5. The molecule has 0 aromatic heterocycles. The lowest BCUT2D eigenvalue weighted by atomic mass is 9.27. The SMILES string of the molecule is CCC1(C)C(C)C2C3C(C)(CC)C(C)(C1(C)C2(C)C)C(C(C)C(C)C)(C(C)(C(C)C)C(C)C(C)C)C3(C)CC. The summed E-state index contributed by atoms with van der Waals surface area (Å²) >= 11 is 0. The normalized spacial score (nSPS) is 50.1. The summed E-state index contributed by atoms with van der Waals surface area (Å²) in [6.07, 6.45) is 3.89. The van der Waals surface area contributed by atoms with Crippen molar-refractivity contribution in [2.45, 2.75) is 158 Å². The van der Waals surface area contributed by atoms with Crippen LogP contribution in [0.4, 0.5) is 0 Å². The molecule has 0 radical (unpaired) electrons. The molecule has 3 saturated carbocycles. The zero-order valence-corrected chi connectivity index (χ0v) is 30.7. The minimum absolute atomic E-state index is 0.179. The molecule has 3 fully saturated rings. The molecule has 3 aliphatic carbocycles. The number of hydrogen-bond acceptors (Lipinski definition) is 0. The van der Waals surface area contributed by atoms with Crippen molar-refractivity contribution in [2.75, 3.05) is 0 Å². The molecular formula is C39H74. The fraction of sp³-hybridized carbons (Fsp3) is 1.00. The van der Waals surface area contributed by atoms with Crippen LogP contribution in [-0.2, 0) is 0 Å². The molecule has 39 heavy (non-hydrogen) atoms. The molecule has 0 aliphatic heterocycles. The highest BCUT2D eigenvalue weighted by Gasteiger charge is 2.94. The summed E-state index contributed by atoms with van der Waals surface area (Å²) in [5.74, 6) is 5.46. The van der Waals surface area contributed by atoms with Crippen molar-refractivity contribution in [1.29, 1.82) is 0 Å². The van der Waals surface area contributed by atoms with Gasteiger partial charge >= 0.3 is 0 Å². The summed E-state index contributed by atoms with van der Waals surface area (Å²) in [4.78, 5) is 0. The van der Waals surface area contributed by atoms with E-state index in [1.165, 1.54) is 19.3 Å². The van der Waals surface area contributed by atoms with Crippen LogP contribution in [0.25, 0.3) is 0 Å². The van der Waals surface area contributed by atoms with E-state index >= 15 is 0 Å². The predicted octanol–water partition coefficient (Wildman–Crippen LogP) is 12.4. The fourth-order valence-electron chi connectivity index (χ4n) is 15.4. The first-order valence-electron chi connectivity index (χ1n) is 17.5. The van der Waals surface area contributed by atoms with E-state index < -0.39 is 0 Å². The van der Waals surface area contributed by atoms with Crippen LogP contribution in [0.3, 0.4) is 0 Å². The lowest BCUT2D eigenvalue weighted by Crippen LogP contribution is -2.73. The Morgan fingerprint density at radius 2 is 1.05 bits per heavy atom. The van der Waals surface area contributed by atoms with Crippen LogP contribution in [0, 0.1) is 90.7 Å². The number of fused-ring (bicyclic) bond motifs is 6. The Balaban J connectivity index is 2.82. The van der Waals surface area contributed by atoms with Crippen LogP contribution in [0.5, 0.6) is 0 Å². The van der Waals surface area contributed by atoms with E-state index in [1.54, 1.807) is 0 Å². The second kappa shape index (κ2) is 9.25. The fourth-order valence-corrected chi connectivity index (χ4v) is 15.4. The van der Waals surface area contributed by atoms with Crippen molar-refractivity contribution >= 4 is 0 Å². The number of hydrogen-bond donors (Lipinski definition) is 0. The molecular weight excluding hydrogens is 468 g/mol. The van der Waals surface area contributed by atoms with E-state index in [2.05, 4.69) is 138 Å². The molecule has 3 rings (SSSR count). The van der Waals surface area contributed by atoms with E-state index in [0.717, 1.165) is 17.8 Å². The van der Waals surface area contributed by atoms with Crippen molar-refractivity contribution in [2.24, 2.45) is 90.7 Å². The van der Waals surface area contributed by atoms with Crippen molar-refractivity contribution in [1.82, 2.24) is 0 Å². The third kappa shape index (κ3) is 2.91. The van der Waals surface area contributed by atoms with Gasteiger partial charge in [-0.05, 0) is 110 Å². The van der Waals surface area contributed by atoms with Crippen LogP contribution in [-0.4, -0.2) is 0 Å². The molecule has 0 heterocycles. The Morgan fingerprint density at radius 3 is 1.38 bits per heavy atom. The first-order valence-corrected chi connectivity index (χ1v) is 17.5. The average Bonchev–Trinajstić information content (AvgIpc) is 3.04. The topological polar surface area (TPSA) is 0 Å². The quantitative estimate of drug-likeness (QED) is 0.272. The molecule has 4 bridgehead atoms. The Kier molecular flexibility index (Phi) is 7.94. The second-order valence-corrected chi connectivity index (χ2v) is 18.4. The van der Waals surface area contributed by atoms with Crippen LogP contribution in [0.2, 0.25) is 0 Å². The van der Waals surface area contributed by atoms with Gasteiger partial charge in [-0.15, -0.1) is 0 Å². The Bertz CT molecular complexity index is 924. The second-order valence-electron chi connectivity index (χ2n) is 18.4. The summed E-state index contributed by atoms with van der Waals surface area (Å²) in [6, 6.07) is 0. The molecule has 0 aromatic rings. The molecule has 0 amide bonds. The van der Waals surface area contributed by atoms with Crippen molar-refractivity contribution in [3.8, 4) is 0 Å². The Hall–Kier alpha value is 0. The number of rotatable bonds is 9. The smallest absolute Gasteiger partial charge is 0.00890 e. The third-order valence-corrected chi connectivity index (χ3v) is 18.3.